The SMILES string of the molecule is CC1([S+]=O)CCCC1. The van der Waals surface area contributed by atoms with Crippen LogP contribution in [-0.4, -0.2) is 4.75 Å². The lowest BCUT2D eigenvalue weighted by atomic mass is 10.1. The van der Waals surface area contributed by atoms with E-state index in [1.807, 2.05) is 0 Å². The average molecular weight is 131 g/mol. The molecule has 1 saturated carbocycles. The van der Waals surface area contributed by atoms with Gasteiger partial charge in [0.25, 0.3) is 0 Å². The summed E-state index contributed by atoms with van der Waals surface area (Å²) in [6.07, 6.45) is 4.76. The molecule has 8 heavy (non-hydrogen) atoms. The number of rotatable bonds is 1. The first kappa shape index (κ1) is 6.14. The number of hydrogen-bond acceptors (Lipinski definition) is 1. The van der Waals surface area contributed by atoms with Crippen LogP contribution in [0.4, 0.5) is 0 Å². The van der Waals surface area contributed by atoms with Gasteiger partial charge in [0.2, 0.25) is 4.75 Å². The van der Waals surface area contributed by atoms with Crippen LogP contribution in [0.3, 0.4) is 0 Å². The van der Waals surface area contributed by atoms with Crippen LogP contribution in [0.25, 0.3) is 0 Å². The van der Waals surface area contributed by atoms with E-state index < -0.39 is 0 Å². The highest BCUT2D eigenvalue weighted by Gasteiger charge is 2.41. The van der Waals surface area contributed by atoms with E-state index in [1.54, 1.807) is 0 Å². The summed E-state index contributed by atoms with van der Waals surface area (Å²) in [5, 5.41) is 0. The molecule has 1 fully saturated rings. The highest BCUT2D eigenvalue weighted by atomic mass is 32.1. The quantitative estimate of drug-likeness (QED) is 0.495. The van der Waals surface area contributed by atoms with Crippen molar-refractivity contribution in [1.82, 2.24) is 0 Å². The van der Waals surface area contributed by atoms with E-state index in [1.165, 1.54) is 12.8 Å². The molecule has 0 aromatic rings. The Morgan fingerprint density at radius 1 is 1.38 bits per heavy atom. The summed E-state index contributed by atoms with van der Waals surface area (Å²) >= 11 is 0.785. The molecular weight excluding hydrogens is 120 g/mol. The van der Waals surface area contributed by atoms with Crippen LogP contribution < -0.4 is 0 Å². The Morgan fingerprint density at radius 3 is 2.12 bits per heavy atom. The summed E-state index contributed by atoms with van der Waals surface area (Å²) in [5.41, 5.74) is 0. The molecule has 46 valence electrons. The molecule has 0 atom stereocenters. The van der Waals surface area contributed by atoms with Gasteiger partial charge < -0.3 is 0 Å². The van der Waals surface area contributed by atoms with E-state index in [0.717, 1.165) is 24.5 Å². The van der Waals surface area contributed by atoms with E-state index >= 15 is 0 Å². The van der Waals surface area contributed by atoms with Crippen molar-refractivity contribution in [3.05, 3.63) is 0 Å². The van der Waals surface area contributed by atoms with Crippen molar-refractivity contribution in [3.63, 3.8) is 0 Å². The van der Waals surface area contributed by atoms with E-state index in [-0.39, 0.29) is 4.75 Å². The van der Waals surface area contributed by atoms with Gasteiger partial charge in [-0.05, 0) is 12.8 Å². The monoisotopic (exact) mass is 131 g/mol. The van der Waals surface area contributed by atoms with E-state index in [0.29, 0.717) is 0 Å². The summed E-state index contributed by atoms with van der Waals surface area (Å²) in [7, 11) is 0. The first-order chi connectivity index (χ1) is 3.77. The average Bonchev–Trinajstić information content (AvgIpc) is 2.17. The van der Waals surface area contributed by atoms with Gasteiger partial charge in [0.15, 0.2) is 0 Å². The van der Waals surface area contributed by atoms with Gasteiger partial charge >= 0.3 is 11.7 Å². The van der Waals surface area contributed by atoms with Crippen molar-refractivity contribution in [3.8, 4) is 0 Å². The molecule has 0 aliphatic heterocycles. The normalized spacial score (nSPS) is 25.6. The van der Waals surface area contributed by atoms with Crippen LogP contribution in [0, 0.1) is 0 Å². The molecule has 0 aromatic heterocycles. The third-order valence-electron chi connectivity index (χ3n) is 1.86. The second-order valence-corrected chi connectivity index (χ2v) is 3.89. The first-order valence-corrected chi connectivity index (χ1v) is 3.82. The fourth-order valence-electron chi connectivity index (χ4n) is 1.21. The molecule has 1 aliphatic carbocycles. The van der Waals surface area contributed by atoms with Gasteiger partial charge in [-0.2, -0.15) is 0 Å². The minimum Gasteiger partial charge on any atom is -0.0473 e. The molecule has 1 rings (SSSR count). The zero-order valence-corrected chi connectivity index (χ0v) is 5.96. The lowest BCUT2D eigenvalue weighted by molar-refractivity contribution is 0.569. The molecule has 0 spiro atoms. The third-order valence-corrected chi connectivity index (χ3v) is 2.67. The molecule has 1 nitrogen and oxygen atoms in total. The summed E-state index contributed by atoms with van der Waals surface area (Å²) in [6, 6.07) is 0. The molecule has 0 radical (unpaired) electrons. The fourth-order valence-corrected chi connectivity index (χ4v) is 1.66. The van der Waals surface area contributed by atoms with Gasteiger partial charge in [-0.15, -0.1) is 0 Å². The molecule has 0 amide bonds. The van der Waals surface area contributed by atoms with Crippen LogP contribution in [0.15, 0.2) is 0 Å². The Bertz CT molecular complexity index is 94.7. The van der Waals surface area contributed by atoms with Gasteiger partial charge in [0, 0.05) is 24.0 Å². The van der Waals surface area contributed by atoms with Crippen molar-refractivity contribution >= 4 is 11.7 Å². The zero-order chi connectivity index (χ0) is 6.04. The van der Waals surface area contributed by atoms with Crippen LogP contribution in [-0.2, 0) is 15.9 Å². The Labute approximate surface area is 54.0 Å². The molecular formula is C6H11OS+. The topological polar surface area (TPSA) is 17.1 Å². The van der Waals surface area contributed by atoms with Crippen LogP contribution in [0.5, 0.6) is 0 Å². The minimum absolute atomic E-state index is 0.0972. The Kier molecular flexibility index (Phi) is 1.61. The van der Waals surface area contributed by atoms with Gasteiger partial charge in [0.1, 0.15) is 0 Å². The Morgan fingerprint density at radius 2 is 1.88 bits per heavy atom. The molecule has 1 aliphatic rings. The highest BCUT2D eigenvalue weighted by Crippen LogP contribution is 2.30. The predicted molar refractivity (Wildman–Crippen MR) is 34.9 cm³/mol. The number of hydrogen-bond donors (Lipinski definition) is 0. The smallest absolute Gasteiger partial charge is 0.0473 e. The van der Waals surface area contributed by atoms with Crippen molar-refractivity contribution in [1.29, 1.82) is 0 Å². The molecule has 0 saturated heterocycles. The summed E-state index contributed by atoms with van der Waals surface area (Å²) in [5.74, 6) is 0. The Balaban J connectivity index is 2.52. The first-order valence-electron chi connectivity index (χ1n) is 3.08. The molecule has 0 N–H and O–H groups in total. The van der Waals surface area contributed by atoms with Gasteiger partial charge in [-0.3, -0.25) is 0 Å². The van der Waals surface area contributed by atoms with Gasteiger partial charge in [-0.1, -0.05) is 0 Å². The van der Waals surface area contributed by atoms with Crippen molar-refractivity contribution in [2.24, 2.45) is 0 Å². The van der Waals surface area contributed by atoms with Gasteiger partial charge in [0.05, 0.1) is 0 Å². The lowest BCUT2D eigenvalue weighted by Gasteiger charge is -1.96. The van der Waals surface area contributed by atoms with Crippen molar-refractivity contribution < 1.29 is 4.21 Å². The molecule has 0 unspecified atom stereocenters. The zero-order valence-electron chi connectivity index (χ0n) is 5.14. The second-order valence-electron chi connectivity index (χ2n) is 2.74. The van der Waals surface area contributed by atoms with E-state index in [2.05, 4.69) is 6.92 Å². The predicted octanol–water partition coefficient (Wildman–Crippen LogP) is 1.75. The maximum atomic E-state index is 10.4. The molecule has 0 bridgehead atoms. The highest BCUT2D eigenvalue weighted by molar-refractivity contribution is 7.67. The maximum Gasteiger partial charge on any atom is 0.465 e. The van der Waals surface area contributed by atoms with Crippen molar-refractivity contribution in [2.75, 3.05) is 0 Å². The van der Waals surface area contributed by atoms with Crippen LogP contribution in [0.2, 0.25) is 0 Å². The van der Waals surface area contributed by atoms with Crippen LogP contribution >= 0.6 is 0 Å². The molecule has 0 heterocycles. The summed E-state index contributed by atoms with van der Waals surface area (Å²) in [6.45, 7) is 2.07. The van der Waals surface area contributed by atoms with Crippen molar-refractivity contribution in [2.45, 2.75) is 37.4 Å². The largest absolute Gasteiger partial charge is 0.465 e. The van der Waals surface area contributed by atoms with E-state index in [4.69, 9.17) is 0 Å². The Hall–Kier alpha value is 0.0200. The summed E-state index contributed by atoms with van der Waals surface area (Å²) in [4.78, 5) is 0. The third kappa shape index (κ3) is 1.05. The fraction of sp³-hybridized carbons (Fsp3) is 1.00. The van der Waals surface area contributed by atoms with Crippen LogP contribution in [0.1, 0.15) is 32.6 Å². The van der Waals surface area contributed by atoms with Gasteiger partial charge in [-0.25, -0.2) is 0 Å². The maximum absolute atomic E-state index is 10.4. The van der Waals surface area contributed by atoms with E-state index in [9.17, 15) is 4.21 Å². The second kappa shape index (κ2) is 2.09. The minimum atomic E-state index is 0.0972. The molecule has 0 aromatic carbocycles. The summed E-state index contributed by atoms with van der Waals surface area (Å²) < 4.78 is 10.5. The molecule has 2 heteroatoms. The lowest BCUT2D eigenvalue weighted by Crippen LogP contribution is -2.16. The standard InChI is InChI=1S/C6H11OS/c1-6(8-7)4-2-3-5-6/h2-5H2,1H3/q+1.